The minimum Gasteiger partial charge on any atom is -0.344 e. The second kappa shape index (κ2) is 3.66. The van der Waals surface area contributed by atoms with Crippen molar-refractivity contribution in [3.63, 3.8) is 0 Å². The van der Waals surface area contributed by atoms with Gasteiger partial charge in [-0.25, -0.2) is 8.78 Å². The Kier molecular flexibility index (Phi) is 2.77. The molecule has 0 aliphatic carbocycles. The summed E-state index contributed by atoms with van der Waals surface area (Å²) in [7, 11) is 0. The standard InChI is InChI=1S/C7H4ClF2NO2/c8-5-1-4(13)3(2-12)6(11-5)7(9)10/h1-2,7H,(H,11,13). The number of aromatic nitrogens is 1. The maximum atomic E-state index is 12.2. The highest BCUT2D eigenvalue weighted by Gasteiger charge is 2.16. The third kappa shape index (κ3) is 1.92. The van der Waals surface area contributed by atoms with Gasteiger partial charge in [-0.15, -0.1) is 0 Å². The number of hydrogen-bond acceptors (Lipinski definition) is 2. The average Bonchev–Trinajstić information content (AvgIpc) is 2.02. The SMILES string of the molecule is O=Cc1c(C(F)F)[nH]c(Cl)cc1=O. The van der Waals surface area contributed by atoms with E-state index in [0.29, 0.717) is 0 Å². The van der Waals surface area contributed by atoms with Crippen LogP contribution in [0.3, 0.4) is 0 Å². The first-order valence-corrected chi connectivity index (χ1v) is 3.60. The molecule has 6 heteroatoms. The number of aromatic amines is 1. The van der Waals surface area contributed by atoms with E-state index in [1.807, 2.05) is 0 Å². The molecule has 0 unspecified atom stereocenters. The summed E-state index contributed by atoms with van der Waals surface area (Å²) in [5.74, 6) is 0. The van der Waals surface area contributed by atoms with Gasteiger partial charge in [0.2, 0.25) is 0 Å². The molecule has 13 heavy (non-hydrogen) atoms. The molecule has 1 rings (SSSR count). The van der Waals surface area contributed by atoms with Crippen LogP contribution in [0.1, 0.15) is 22.5 Å². The van der Waals surface area contributed by atoms with Crippen LogP contribution in [0.25, 0.3) is 0 Å². The van der Waals surface area contributed by atoms with Crippen LogP contribution in [-0.4, -0.2) is 11.3 Å². The van der Waals surface area contributed by atoms with Gasteiger partial charge in [0.15, 0.2) is 11.7 Å². The Labute approximate surface area is 76.3 Å². The molecule has 3 nitrogen and oxygen atoms in total. The van der Waals surface area contributed by atoms with E-state index in [2.05, 4.69) is 4.98 Å². The molecular formula is C7H4ClF2NO2. The van der Waals surface area contributed by atoms with Crippen molar-refractivity contribution in [3.8, 4) is 0 Å². The number of aldehydes is 1. The molecule has 0 atom stereocenters. The van der Waals surface area contributed by atoms with Gasteiger partial charge in [0, 0.05) is 6.07 Å². The normalized spacial score (nSPS) is 10.5. The zero-order chi connectivity index (χ0) is 10.0. The lowest BCUT2D eigenvalue weighted by molar-refractivity contribution is 0.110. The fourth-order valence-corrected chi connectivity index (χ4v) is 1.05. The van der Waals surface area contributed by atoms with Crippen molar-refractivity contribution in [2.75, 3.05) is 0 Å². The summed E-state index contributed by atoms with van der Waals surface area (Å²) in [4.78, 5) is 23.2. The molecule has 0 amide bonds. The van der Waals surface area contributed by atoms with E-state index in [1.54, 1.807) is 0 Å². The molecule has 1 N–H and O–H groups in total. The molecule has 1 aromatic heterocycles. The van der Waals surface area contributed by atoms with Gasteiger partial charge in [-0.1, -0.05) is 11.6 Å². The first kappa shape index (κ1) is 9.85. The van der Waals surface area contributed by atoms with Crippen LogP contribution < -0.4 is 5.43 Å². The van der Waals surface area contributed by atoms with Crippen molar-refractivity contribution in [2.24, 2.45) is 0 Å². The Morgan fingerprint density at radius 3 is 2.62 bits per heavy atom. The summed E-state index contributed by atoms with van der Waals surface area (Å²) in [6.07, 6.45) is -2.84. The van der Waals surface area contributed by atoms with Crippen LogP contribution in [-0.2, 0) is 0 Å². The smallest absolute Gasteiger partial charge is 0.279 e. The number of pyridine rings is 1. The minimum absolute atomic E-state index is 0.0800. The molecular weight excluding hydrogens is 204 g/mol. The van der Waals surface area contributed by atoms with Crippen LogP contribution in [0.2, 0.25) is 5.15 Å². The van der Waals surface area contributed by atoms with Gasteiger partial charge in [-0.05, 0) is 0 Å². The second-order valence-corrected chi connectivity index (χ2v) is 2.63. The van der Waals surface area contributed by atoms with Crippen LogP contribution in [0.4, 0.5) is 8.78 Å². The number of carbonyl (C=O) groups is 1. The third-order valence-electron chi connectivity index (χ3n) is 1.40. The molecule has 0 bridgehead atoms. The van der Waals surface area contributed by atoms with E-state index in [1.165, 1.54) is 0 Å². The Morgan fingerprint density at radius 1 is 1.54 bits per heavy atom. The third-order valence-corrected chi connectivity index (χ3v) is 1.61. The highest BCUT2D eigenvalue weighted by molar-refractivity contribution is 6.29. The first-order valence-electron chi connectivity index (χ1n) is 3.22. The monoisotopic (exact) mass is 207 g/mol. The van der Waals surface area contributed by atoms with Crippen LogP contribution in [0, 0.1) is 0 Å². The van der Waals surface area contributed by atoms with Crippen LogP contribution >= 0.6 is 11.6 Å². The topological polar surface area (TPSA) is 49.9 Å². The van der Waals surface area contributed by atoms with E-state index in [-0.39, 0.29) is 11.4 Å². The lowest BCUT2D eigenvalue weighted by Gasteiger charge is -2.02. The van der Waals surface area contributed by atoms with Crippen LogP contribution in [0.15, 0.2) is 10.9 Å². The van der Waals surface area contributed by atoms with Gasteiger partial charge in [0.25, 0.3) is 6.43 Å². The van der Waals surface area contributed by atoms with E-state index in [9.17, 15) is 18.4 Å². The average molecular weight is 208 g/mol. The molecule has 0 radical (unpaired) electrons. The van der Waals surface area contributed by atoms with Gasteiger partial charge in [-0.3, -0.25) is 9.59 Å². The molecule has 0 spiro atoms. The molecule has 0 saturated heterocycles. The summed E-state index contributed by atoms with van der Waals surface area (Å²) < 4.78 is 24.4. The van der Waals surface area contributed by atoms with Crippen molar-refractivity contribution in [1.29, 1.82) is 0 Å². The maximum absolute atomic E-state index is 12.2. The van der Waals surface area contributed by atoms with Gasteiger partial charge in [-0.2, -0.15) is 0 Å². The summed E-state index contributed by atoms with van der Waals surface area (Å²) in [6, 6.07) is 0.872. The van der Waals surface area contributed by atoms with E-state index >= 15 is 0 Å². The Bertz CT molecular complexity index is 389. The van der Waals surface area contributed by atoms with E-state index in [0.717, 1.165) is 6.07 Å². The predicted octanol–water partition coefficient (Wildman–Crippen LogP) is 1.78. The lowest BCUT2D eigenvalue weighted by Crippen LogP contribution is -2.13. The summed E-state index contributed by atoms with van der Waals surface area (Å²) in [5, 5.41) is -0.217. The number of carbonyl (C=O) groups excluding carboxylic acids is 1. The zero-order valence-electron chi connectivity index (χ0n) is 6.18. The predicted molar refractivity (Wildman–Crippen MR) is 42.4 cm³/mol. The second-order valence-electron chi connectivity index (χ2n) is 2.23. The maximum Gasteiger partial charge on any atom is 0.279 e. The van der Waals surface area contributed by atoms with E-state index in [4.69, 9.17) is 11.6 Å². The Morgan fingerprint density at radius 2 is 2.15 bits per heavy atom. The minimum atomic E-state index is -2.92. The number of nitrogens with one attached hydrogen (secondary N) is 1. The fraction of sp³-hybridized carbons (Fsp3) is 0.143. The van der Waals surface area contributed by atoms with Gasteiger partial charge in [0.05, 0.1) is 11.3 Å². The zero-order valence-corrected chi connectivity index (χ0v) is 6.94. The molecule has 0 saturated carbocycles. The van der Waals surface area contributed by atoms with Crippen molar-refractivity contribution < 1.29 is 13.6 Å². The summed E-state index contributed by atoms with van der Waals surface area (Å²) in [5.41, 5.74) is -2.14. The number of hydrogen-bond donors (Lipinski definition) is 1. The molecule has 70 valence electrons. The van der Waals surface area contributed by atoms with Crippen molar-refractivity contribution in [3.05, 3.63) is 32.7 Å². The van der Waals surface area contributed by atoms with Crippen molar-refractivity contribution >= 4 is 17.9 Å². The molecule has 0 fully saturated rings. The van der Waals surface area contributed by atoms with Gasteiger partial charge < -0.3 is 4.98 Å². The highest BCUT2D eigenvalue weighted by atomic mass is 35.5. The largest absolute Gasteiger partial charge is 0.344 e. The summed E-state index contributed by atoms with van der Waals surface area (Å²) >= 11 is 5.32. The fourth-order valence-electron chi connectivity index (χ4n) is 0.851. The number of rotatable bonds is 2. The molecule has 1 heterocycles. The van der Waals surface area contributed by atoms with E-state index < -0.39 is 23.1 Å². The van der Waals surface area contributed by atoms with Gasteiger partial charge >= 0.3 is 0 Å². The first-order chi connectivity index (χ1) is 6.06. The number of H-pyrrole nitrogens is 1. The lowest BCUT2D eigenvalue weighted by atomic mass is 10.2. The summed E-state index contributed by atoms with van der Waals surface area (Å²) in [6.45, 7) is 0. The quantitative estimate of drug-likeness (QED) is 0.594. The number of alkyl halides is 2. The molecule has 0 aliphatic heterocycles. The van der Waals surface area contributed by atoms with Gasteiger partial charge in [0.1, 0.15) is 5.15 Å². The van der Waals surface area contributed by atoms with Crippen LogP contribution in [0.5, 0.6) is 0 Å². The Hall–Kier alpha value is -1.23. The van der Waals surface area contributed by atoms with Crippen molar-refractivity contribution in [2.45, 2.75) is 6.43 Å². The highest BCUT2D eigenvalue weighted by Crippen LogP contribution is 2.19. The molecule has 0 aromatic carbocycles. The molecule has 0 aliphatic rings. The molecule has 1 aromatic rings. The number of halogens is 3. The van der Waals surface area contributed by atoms with Crippen molar-refractivity contribution in [1.82, 2.24) is 4.98 Å². The Balaban J connectivity index is 3.47.